The van der Waals surface area contributed by atoms with Crippen LogP contribution >= 0.6 is 11.8 Å². The van der Waals surface area contributed by atoms with Gasteiger partial charge < -0.3 is 14.9 Å². The van der Waals surface area contributed by atoms with Crippen molar-refractivity contribution in [1.29, 1.82) is 0 Å². The molecule has 0 aliphatic carbocycles. The Bertz CT molecular complexity index is 852. The third-order valence-corrected chi connectivity index (χ3v) is 4.76. The molecule has 0 heterocycles. The van der Waals surface area contributed by atoms with Crippen molar-refractivity contribution in [2.24, 2.45) is 0 Å². The van der Waals surface area contributed by atoms with Crippen molar-refractivity contribution < 1.29 is 46.2 Å². The molecule has 4 amide bonds. The maximum atomic E-state index is 14.3. The molecular formula is C18H22F4N4O6S. The molecule has 0 fully saturated rings. The highest BCUT2D eigenvalue weighted by Crippen LogP contribution is 2.32. The number of benzene rings is 1. The van der Waals surface area contributed by atoms with E-state index in [1.54, 1.807) is 10.6 Å². The van der Waals surface area contributed by atoms with Crippen LogP contribution in [0.1, 0.15) is 19.4 Å². The third kappa shape index (κ3) is 9.95. The predicted molar refractivity (Wildman–Crippen MR) is 109 cm³/mol. The summed E-state index contributed by atoms with van der Waals surface area (Å²) in [7, 11) is 0. The number of carbonyl (C=O) groups is 4. The summed E-state index contributed by atoms with van der Waals surface area (Å²) in [5.41, 5.74) is 4.16. The highest BCUT2D eigenvalue weighted by molar-refractivity contribution is 7.99. The van der Waals surface area contributed by atoms with E-state index in [-0.39, 0.29) is 23.7 Å². The zero-order valence-electron chi connectivity index (χ0n) is 17.7. The van der Waals surface area contributed by atoms with E-state index in [4.69, 9.17) is 0 Å². The van der Waals surface area contributed by atoms with Crippen LogP contribution in [-0.4, -0.2) is 55.2 Å². The maximum Gasteiger partial charge on any atom is 0.413 e. The monoisotopic (exact) mass is 498 g/mol. The lowest BCUT2D eigenvalue weighted by Crippen LogP contribution is -2.57. The number of anilines is 1. The molecule has 0 saturated heterocycles. The third-order valence-electron chi connectivity index (χ3n) is 3.53. The van der Waals surface area contributed by atoms with Crippen molar-refractivity contribution in [3.8, 4) is 0 Å². The largest absolute Gasteiger partial charge is 0.450 e. The first-order valence-electron chi connectivity index (χ1n) is 9.34. The van der Waals surface area contributed by atoms with Crippen LogP contribution in [0, 0.1) is 12.7 Å². The van der Waals surface area contributed by atoms with Gasteiger partial charge >= 0.3 is 18.4 Å². The predicted octanol–water partition coefficient (Wildman–Crippen LogP) is 2.62. The second-order valence-electron chi connectivity index (χ2n) is 6.12. The highest BCUT2D eigenvalue weighted by Gasteiger charge is 2.31. The summed E-state index contributed by atoms with van der Waals surface area (Å²) in [6.07, 6.45) is -6.84. The van der Waals surface area contributed by atoms with Crippen LogP contribution in [0.3, 0.4) is 0 Å². The lowest BCUT2D eigenvalue weighted by atomic mass is 10.2. The molecule has 0 aliphatic heterocycles. The quantitative estimate of drug-likeness (QED) is 0.175. The minimum absolute atomic E-state index is 0.0847. The van der Waals surface area contributed by atoms with E-state index < -0.39 is 53.5 Å². The van der Waals surface area contributed by atoms with Gasteiger partial charge in [-0.25, -0.2) is 19.4 Å². The number of halogens is 4. The van der Waals surface area contributed by atoms with E-state index in [0.29, 0.717) is 11.8 Å². The van der Waals surface area contributed by atoms with Gasteiger partial charge in [-0.1, -0.05) is 0 Å². The molecule has 4 N–H and O–H groups in total. The summed E-state index contributed by atoms with van der Waals surface area (Å²) < 4.78 is 60.9. The van der Waals surface area contributed by atoms with Gasteiger partial charge in [0.1, 0.15) is 5.82 Å². The standard InChI is InChI=1S/C18H22F4N4O6S/c1-4-31-16(29)23-14(27)13(15(28)24-17(30)32-5-2)26-25-11-7-12(9(3)6-10(11)19)33-8-18(20,21)22/h6-7,13,25-26H,4-5,8H2,1-3H3,(H,23,27,29)(H,24,28,30). The number of hydrogen-bond donors (Lipinski definition) is 4. The normalized spacial score (nSPS) is 11.0. The summed E-state index contributed by atoms with van der Waals surface area (Å²) in [5.74, 6) is -4.69. The number of hydrazine groups is 1. The number of alkyl carbamates (subject to hydrolysis) is 2. The Kier molecular flexibility index (Phi) is 10.9. The van der Waals surface area contributed by atoms with E-state index >= 15 is 0 Å². The smallest absolute Gasteiger partial charge is 0.413 e. The lowest BCUT2D eigenvalue weighted by molar-refractivity contribution is -0.131. The number of imide groups is 2. The molecule has 1 aromatic carbocycles. The molecule has 1 aromatic rings. The van der Waals surface area contributed by atoms with E-state index in [0.717, 1.165) is 12.1 Å². The average molecular weight is 498 g/mol. The van der Waals surface area contributed by atoms with Gasteiger partial charge in [-0.2, -0.15) is 13.2 Å². The Labute approximate surface area is 190 Å². The second kappa shape index (κ2) is 12.8. The van der Waals surface area contributed by atoms with Gasteiger partial charge in [0.25, 0.3) is 11.8 Å². The molecular weight excluding hydrogens is 476 g/mol. The highest BCUT2D eigenvalue weighted by atomic mass is 32.2. The van der Waals surface area contributed by atoms with Crippen molar-refractivity contribution in [2.45, 2.75) is 37.9 Å². The number of ether oxygens (including phenoxy) is 2. The molecule has 184 valence electrons. The van der Waals surface area contributed by atoms with Gasteiger partial charge in [0.15, 0.2) is 6.04 Å². The maximum absolute atomic E-state index is 14.3. The van der Waals surface area contributed by atoms with Crippen LogP contribution < -0.4 is 21.5 Å². The number of nitrogens with one attached hydrogen (secondary N) is 4. The van der Waals surface area contributed by atoms with Crippen LogP contribution in [-0.2, 0) is 19.1 Å². The number of aryl methyl sites for hydroxylation is 1. The molecule has 0 unspecified atom stereocenters. The fourth-order valence-corrected chi connectivity index (χ4v) is 2.95. The average Bonchev–Trinajstić information content (AvgIpc) is 2.68. The van der Waals surface area contributed by atoms with Crippen LogP contribution in [0.25, 0.3) is 0 Å². The molecule has 0 saturated carbocycles. The molecule has 0 aromatic heterocycles. The second-order valence-corrected chi connectivity index (χ2v) is 7.14. The van der Waals surface area contributed by atoms with Gasteiger partial charge in [-0.05, 0) is 38.5 Å². The van der Waals surface area contributed by atoms with Crippen molar-refractivity contribution in [2.75, 3.05) is 24.4 Å². The van der Waals surface area contributed by atoms with Crippen LogP contribution in [0.2, 0.25) is 0 Å². The van der Waals surface area contributed by atoms with Gasteiger partial charge in [-0.15, -0.1) is 11.8 Å². The van der Waals surface area contributed by atoms with E-state index in [1.165, 1.54) is 20.8 Å². The first-order valence-corrected chi connectivity index (χ1v) is 10.3. The van der Waals surface area contributed by atoms with E-state index in [9.17, 15) is 36.7 Å². The molecule has 0 atom stereocenters. The number of alkyl halides is 3. The Morgan fingerprint density at radius 3 is 1.97 bits per heavy atom. The SMILES string of the molecule is CCOC(=O)NC(=O)C(NNc1cc(SCC(F)(F)F)c(C)cc1F)C(=O)NC(=O)OCC. The summed E-state index contributed by atoms with van der Waals surface area (Å²) in [6.45, 7) is 4.16. The first kappa shape index (κ1) is 28.0. The first-order chi connectivity index (χ1) is 15.4. The van der Waals surface area contributed by atoms with Gasteiger partial charge in [0, 0.05) is 4.90 Å². The van der Waals surface area contributed by atoms with Crippen LogP contribution in [0.15, 0.2) is 17.0 Å². The molecule has 0 aliphatic rings. The molecule has 0 radical (unpaired) electrons. The summed E-state index contributed by atoms with van der Waals surface area (Å²) in [6, 6.07) is 0.0120. The van der Waals surface area contributed by atoms with Crippen LogP contribution in [0.5, 0.6) is 0 Å². The number of carbonyl (C=O) groups excluding carboxylic acids is 4. The Morgan fingerprint density at radius 1 is 1.00 bits per heavy atom. The van der Waals surface area contributed by atoms with Crippen molar-refractivity contribution in [3.63, 3.8) is 0 Å². The molecule has 33 heavy (non-hydrogen) atoms. The fourth-order valence-electron chi connectivity index (χ4n) is 2.14. The molecule has 15 heteroatoms. The molecule has 10 nitrogen and oxygen atoms in total. The van der Waals surface area contributed by atoms with E-state index in [1.807, 2.05) is 0 Å². The molecule has 0 bridgehead atoms. The Morgan fingerprint density at radius 2 is 1.52 bits per heavy atom. The zero-order chi connectivity index (χ0) is 25.2. The Hall–Kier alpha value is -3.07. The lowest BCUT2D eigenvalue weighted by Gasteiger charge is -2.19. The number of hydrogen-bond acceptors (Lipinski definition) is 9. The fraction of sp³-hybridized carbons (Fsp3) is 0.444. The minimum Gasteiger partial charge on any atom is -0.450 e. The number of amides is 4. The zero-order valence-corrected chi connectivity index (χ0v) is 18.5. The van der Waals surface area contributed by atoms with Crippen molar-refractivity contribution >= 4 is 41.5 Å². The number of rotatable bonds is 9. The van der Waals surface area contributed by atoms with E-state index in [2.05, 4.69) is 20.3 Å². The van der Waals surface area contributed by atoms with Crippen molar-refractivity contribution in [3.05, 3.63) is 23.5 Å². The van der Waals surface area contributed by atoms with Crippen LogP contribution in [0.4, 0.5) is 32.8 Å². The molecule has 1 rings (SSSR count). The minimum atomic E-state index is -4.46. The molecule has 0 spiro atoms. The van der Waals surface area contributed by atoms with Gasteiger partial charge in [0.2, 0.25) is 0 Å². The summed E-state index contributed by atoms with van der Waals surface area (Å²) in [4.78, 5) is 47.7. The number of thioether (sulfide) groups is 1. The van der Waals surface area contributed by atoms with Crippen molar-refractivity contribution in [1.82, 2.24) is 16.1 Å². The van der Waals surface area contributed by atoms with Gasteiger partial charge in [-0.3, -0.25) is 20.2 Å². The summed E-state index contributed by atoms with van der Waals surface area (Å²) >= 11 is 0.411. The topological polar surface area (TPSA) is 135 Å². The van der Waals surface area contributed by atoms with Gasteiger partial charge in [0.05, 0.1) is 24.7 Å². The Balaban J connectivity index is 3.04. The summed E-state index contributed by atoms with van der Waals surface area (Å²) in [5, 5.41) is 3.47.